The number of esters is 1. The van der Waals surface area contributed by atoms with Gasteiger partial charge in [0.05, 0.1) is 23.1 Å². The van der Waals surface area contributed by atoms with Crippen LogP contribution in [0.5, 0.6) is 5.75 Å². The minimum absolute atomic E-state index is 0.0679. The van der Waals surface area contributed by atoms with Gasteiger partial charge in [0.15, 0.2) is 11.6 Å². The van der Waals surface area contributed by atoms with E-state index in [4.69, 9.17) is 4.74 Å². The summed E-state index contributed by atoms with van der Waals surface area (Å²) >= 11 is 0. The van der Waals surface area contributed by atoms with E-state index in [0.717, 1.165) is 41.8 Å². The van der Waals surface area contributed by atoms with Gasteiger partial charge >= 0.3 is 5.97 Å². The number of ether oxygens (including phenoxy) is 1. The Labute approximate surface area is 177 Å². The molecular weight excluding hydrogens is 379 g/mol. The van der Waals surface area contributed by atoms with Gasteiger partial charge in [-0.15, -0.1) is 0 Å². The quantitative estimate of drug-likeness (QED) is 0.242. The van der Waals surface area contributed by atoms with Crippen LogP contribution in [0.25, 0.3) is 11.3 Å². The van der Waals surface area contributed by atoms with Gasteiger partial charge in [0, 0.05) is 11.8 Å². The van der Waals surface area contributed by atoms with Crippen LogP contribution in [0.2, 0.25) is 0 Å². The number of rotatable bonds is 9. The Kier molecular flexibility index (Phi) is 7.66. The molecule has 5 heteroatoms. The van der Waals surface area contributed by atoms with E-state index < -0.39 is 11.8 Å². The molecular formula is C25H27FN2O2. The number of nitrogens with zero attached hydrogens (tertiary/aromatic N) is 2. The molecule has 0 aliphatic carbocycles. The van der Waals surface area contributed by atoms with E-state index in [0.29, 0.717) is 5.56 Å². The smallest absolute Gasteiger partial charge is 0.343 e. The van der Waals surface area contributed by atoms with Crippen molar-refractivity contribution < 1.29 is 13.9 Å². The predicted molar refractivity (Wildman–Crippen MR) is 116 cm³/mol. The molecule has 0 radical (unpaired) electrons. The highest BCUT2D eigenvalue weighted by molar-refractivity contribution is 5.91. The first-order chi connectivity index (χ1) is 14.6. The van der Waals surface area contributed by atoms with Crippen molar-refractivity contribution in [2.45, 2.75) is 52.4 Å². The minimum Gasteiger partial charge on any atom is -0.420 e. The zero-order valence-corrected chi connectivity index (χ0v) is 17.5. The van der Waals surface area contributed by atoms with Crippen LogP contribution in [0, 0.1) is 5.82 Å². The molecule has 156 valence electrons. The number of carbonyl (C=O) groups excluding carboxylic acids is 1. The summed E-state index contributed by atoms with van der Waals surface area (Å²) in [6.45, 7) is 4.13. The summed E-state index contributed by atoms with van der Waals surface area (Å²) in [7, 11) is 0. The first-order valence-electron chi connectivity index (χ1n) is 10.5. The lowest BCUT2D eigenvalue weighted by Gasteiger charge is -2.08. The van der Waals surface area contributed by atoms with E-state index >= 15 is 0 Å². The third-order valence-electron chi connectivity index (χ3n) is 5.02. The normalized spacial score (nSPS) is 10.8. The van der Waals surface area contributed by atoms with Gasteiger partial charge in [0.1, 0.15) is 0 Å². The van der Waals surface area contributed by atoms with Crippen LogP contribution in [0.4, 0.5) is 4.39 Å². The van der Waals surface area contributed by atoms with Gasteiger partial charge in [-0.05, 0) is 49.1 Å². The van der Waals surface area contributed by atoms with Crippen LogP contribution >= 0.6 is 0 Å². The number of benzene rings is 2. The molecule has 0 fully saturated rings. The third-order valence-corrected chi connectivity index (χ3v) is 5.02. The minimum atomic E-state index is -0.599. The van der Waals surface area contributed by atoms with Gasteiger partial charge < -0.3 is 4.74 Å². The van der Waals surface area contributed by atoms with Gasteiger partial charge in [-0.25, -0.2) is 9.18 Å². The summed E-state index contributed by atoms with van der Waals surface area (Å²) in [5.74, 6) is -1.20. The van der Waals surface area contributed by atoms with Crippen LogP contribution in [-0.4, -0.2) is 15.9 Å². The summed E-state index contributed by atoms with van der Waals surface area (Å²) < 4.78 is 19.3. The second kappa shape index (κ2) is 10.6. The van der Waals surface area contributed by atoms with Crippen molar-refractivity contribution in [3.8, 4) is 17.0 Å². The second-order valence-electron chi connectivity index (χ2n) is 7.29. The number of hydrogen-bond acceptors (Lipinski definition) is 4. The maximum absolute atomic E-state index is 14.1. The van der Waals surface area contributed by atoms with Crippen LogP contribution in [0.1, 0.15) is 61.1 Å². The van der Waals surface area contributed by atoms with Gasteiger partial charge in [-0.3, -0.25) is 9.97 Å². The average Bonchev–Trinajstić information content (AvgIpc) is 2.78. The fraction of sp³-hybridized carbons (Fsp3) is 0.320. The standard InChI is InChI=1S/C25H27FN2O2/c1-3-5-6-7-8-21-16-28-23(17-27-21)19-10-12-20(13-11-19)25(29)30-24-14-9-18(4-2)15-22(24)26/h9-17H,3-8H2,1-2H3. The molecule has 0 saturated heterocycles. The van der Waals surface area contributed by atoms with E-state index in [1.165, 1.54) is 31.4 Å². The second-order valence-corrected chi connectivity index (χ2v) is 7.29. The summed E-state index contributed by atoms with van der Waals surface area (Å²) in [5, 5.41) is 0. The molecule has 0 saturated carbocycles. The summed E-state index contributed by atoms with van der Waals surface area (Å²) in [6, 6.07) is 11.5. The lowest BCUT2D eigenvalue weighted by atomic mass is 10.1. The van der Waals surface area contributed by atoms with Crippen molar-refractivity contribution in [1.82, 2.24) is 9.97 Å². The van der Waals surface area contributed by atoms with Crippen molar-refractivity contribution >= 4 is 5.97 Å². The van der Waals surface area contributed by atoms with Crippen molar-refractivity contribution in [3.05, 3.63) is 77.5 Å². The topological polar surface area (TPSA) is 52.1 Å². The van der Waals surface area contributed by atoms with Gasteiger partial charge in [-0.2, -0.15) is 0 Å². The number of unbranched alkanes of at least 4 members (excludes halogenated alkanes) is 3. The summed E-state index contributed by atoms with van der Waals surface area (Å²) in [5.41, 5.74) is 3.79. The molecule has 0 N–H and O–H groups in total. The summed E-state index contributed by atoms with van der Waals surface area (Å²) in [6.07, 6.45) is 10.0. The number of aromatic nitrogens is 2. The van der Waals surface area contributed by atoms with Crippen LogP contribution in [0.15, 0.2) is 54.9 Å². The number of carbonyl (C=O) groups is 1. The largest absolute Gasteiger partial charge is 0.420 e. The van der Waals surface area contributed by atoms with Gasteiger partial charge in [0.2, 0.25) is 0 Å². The van der Waals surface area contributed by atoms with E-state index in [1.54, 1.807) is 36.5 Å². The summed E-state index contributed by atoms with van der Waals surface area (Å²) in [4.78, 5) is 21.3. The average molecular weight is 407 g/mol. The Hall–Kier alpha value is -3.08. The molecule has 0 unspecified atom stereocenters. The Morgan fingerprint density at radius 3 is 2.40 bits per heavy atom. The fourth-order valence-electron chi connectivity index (χ4n) is 3.15. The molecule has 0 aliphatic rings. The SMILES string of the molecule is CCCCCCc1cnc(-c2ccc(C(=O)Oc3ccc(CC)cc3F)cc2)cn1. The lowest BCUT2D eigenvalue weighted by Crippen LogP contribution is -2.09. The molecule has 0 spiro atoms. The van der Waals surface area contributed by atoms with Crippen LogP contribution < -0.4 is 4.74 Å². The van der Waals surface area contributed by atoms with Crippen molar-refractivity contribution in [1.29, 1.82) is 0 Å². The monoisotopic (exact) mass is 406 g/mol. The molecule has 2 aromatic carbocycles. The maximum Gasteiger partial charge on any atom is 0.343 e. The Morgan fingerprint density at radius 1 is 0.967 bits per heavy atom. The number of hydrogen-bond donors (Lipinski definition) is 0. The zero-order chi connectivity index (χ0) is 21.3. The first kappa shape index (κ1) is 21.6. The first-order valence-corrected chi connectivity index (χ1v) is 10.5. The van der Waals surface area contributed by atoms with Crippen molar-refractivity contribution in [2.24, 2.45) is 0 Å². The molecule has 1 aromatic heterocycles. The van der Waals surface area contributed by atoms with Crippen LogP contribution in [-0.2, 0) is 12.8 Å². The Balaban J connectivity index is 1.62. The number of aryl methyl sites for hydroxylation is 2. The molecule has 1 heterocycles. The number of halogens is 1. The van der Waals surface area contributed by atoms with Gasteiger partial charge in [0.25, 0.3) is 0 Å². The highest BCUT2D eigenvalue weighted by Crippen LogP contribution is 2.21. The van der Waals surface area contributed by atoms with E-state index in [1.807, 2.05) is 13.1 Å². The van der Waals surface area contributed by atoms with Crippen molar-refractivity contribution in [2.75, 3.05) is 0 Å². The molecule has 0 aliphatic heterocycles. The van der Waals surface area contributed by atoms with Crippen molar-refractivity contribution in [3.63, 3.8) is 0 Å². The van der Waals surface area contributed by atoms with E-state index in [9.17, 15) is 9.18 Å². The third kappa shape index (κ3) is 5.72. The predicted octanol–water partition coefficient (Wildman–Crippen LogP) is 6.19. The molecule has 4 nitrogen and oxygen atoms in total. The molecule has 0 atom stereocenters. The van der Waals surface area contributed by atoms with Crippen LogP contribution in [0.3, 0.4) is 0 Å². The van der Waals surface area contributed by atoms with E-state index in [-0.39, 0.29) is 5.75 Å². The lowest BCUT2D eigenvalue weighted by molar-refractivity contribution is 0.0728. The highest BCUT2D eigenvalue weighted by Gasteiger charge is 2.13. The van der Waals surface area contributed by atoms with E-state index in [2.05, 4.69) is 16.9 Å². The highest BCUT2D eigenvalue weighted by atomic mass is 19.1. The van der Waals surface area contributed by atoms with Gasteiger partial charge in [-0.1, -0.05) is 51.3 Å². The maximum atomic E-state index is 14.1. The molecule has 30 heavy (non-hydrogen) atoms. The Bertz CT molecular complexity index is 969. The molecule has 0 amide bonds. The molecule has 0 bridgehead atoms. The molecule has 3 aromatic rings. The Morgan fingerprint density at radius 2 is 1.77 bits per heavy atom. The fourth-order valence-corrected chi connectivity index (χ4v) is 3.15. The molecule has 3 rings (SSSR count). The zero-order valence-electron chi connectivity index (χ0n) is 17.5.